The molecule has 0 radical (unpaired) electrons. The van der Waals surface area contributed by atoms with E-state index in [1.807, 2.05) is 7.05 Å². The highest BCUT2D eigenvalue weighted by Gasteiger charge is 2.63. The Bertz CT molecular complexity index is 450. The molecule has 1 atom stereocenters. The summed E-state index contributed by atoms with van der Waals surface area (Å²) in [4.78, 5) is 27.9. The van der Waals surface area contributed by atoms with E-state index in [4.69, 9.17) is 9.47 Å². The van der Waals surface area contributed by atoms with E-state index < -0.39 is 17.4 Å². The molecule has 0 aromatic rings. The maximum Gasteiger partial charge on any atom is 0.329 e. The van der Waals surface area contributed by atoms with Crippen molar-refractivity contribution in [1.29, 1.82) is 0 Å². The Hall–Kier alpha value is -1.36. The molecular weight excluding hydrogens is 294 g/mol. The topological polar surface area (TPSA) is 55.8 Å². The van der Waals surface area contributed by atoms with Crippen LogP contribution in [-0.2, 0) is 19.1 Å². The Kier molecular flexibility index (Phi) is 5.84. The van der Waals surface area contributed by atoms with Gasteiger partial charge in [-0.05, 0) is 45.2 Å². The van der Waals surface area contributed by atoms with E-state index >= 15 is 0 Å². The largest absolute Gasteiger partial charge is 0.465 e. The summed E-state index contributed by atoms with van der Waals surface area (Å²) >= 11 is 0. The van der Waals surface area contributed by atoms with Crippen LogP contribution in [0.15, 0.2) is 12.2 Å². The summed E-state index contributed by atoms with van der Waals surface area (Å²) in [6.45, 7) is 8.60. The van der Waals surface area contributed by atoms with Gasteiger partial charge in [-0.2, -0.15) is 0 Å². The lowest BCUT2D eigenvalue weighted by Gasteiger charge is -2.39. The predicted octanol–water partition coefficient (Wildman–Crippen LogP) is 2.55. The molecule has 0 N–H and O–H groups in total. The smallest absolute Gasteiger partial charge is 0.329 e. The van der Waals surface area contributed by atoms with Gasteiger partial charge in [0.15, 0.2) is 0 Å². The number of likely N-dealkylation sites (tertiary alicyclic amines) is 1. The maximum absolute atomic E-state index is 12.9. The number of esters is 2. The normalized spacial score (nSPS) is 25.3. The van der Waals surface area contributed by atoms with Gasteiger partial charge in [0.2, 0.25) is 5.41 Å². The minimum absolute atomic E-state index is 0.214. The lowest BCUT2D eigenvalue weighted by atomic mass is 9.68. The highest BCUT2D eigenvalue weighted by molar-refractivity contribution is 6.05. The molecule has 1 aliphatic carbocycles. The number of carbonyl (C=O) groups is 2. The second-order valence-electron chi connectivity index (χ2n) is 6.61. The van der Waals surface area contributed by atoms with Crippen LogP contribution < -0.4 is 0 Å². The number of hydrogen-bond acceptors (Lipinski definition) is 5. The van der Waals surface area contributed by atoms with Crippen molar-refractivity contribution in [1.82, 2.24) is 4.90 Å². The van der Waals surface area contributed by atoms with E-state index in [2.05, 4.69) is 11.5 Å². The fourth-order valence-corrected chi connectivity index (χ4v) is 4.33. The van der Waals surface area contributed by atoms with E-state index in [0.717, 1.165) is 25.7 Å². The molecule has 1 saturated carbocycles. The molecule has 1 saturated heterocycles. The molecule has 1 heterocycles. The molecule has 0 spiro atoms. The first kappa shape index (κ1) is 18.0. The van der Waals surface area contributed by atoms with Crippen LogP contribution in [0.1, 0.15) is 46.0 Å². The van der Waals surface area contributed by atoms with Gasteiger partial charge < -0.3 is 9.47 Å². The van der Waals surface area contributed by atoms with Crippen molar-refractivity contribution in [2.45, 2.75) is 52.0 Å². The molecule has 0 bridgehead atoms. The van der Waals surface area contributed by atoms with Crippen LogP contribution in [0.5, 0.6) is 0 Å². The Labute approximate surface area is 139 Å². The van der Waals surface area contributed by atoms with Crippen molar-refractivity contribution in [2.75, 3.05) is 26.8 Å². The molecule has 0 aromatic heterocycles. The van der Waals surface area contributed by atoms with Crippen LogP contribution in [-0.4, -0.2) is 49.7 Å². The van der Waals surface area contributed by atoms with Crippen molar-refractivity contribution in [3.8, 4) is 0 Å². The Morgan fingerprint density at radius 2 is 1.65 bits per heavy atom. The summed E-state index contributed by atoms with van der Waals surface area (Å²) in [5.74, 6) is -0.700. The molecule has 5 nitrogen and oxygen atoms in total. The molecule has 0 amide bonds. The van der Waals surface area contributed by atoms with Gasteiger partial charge in [-0.15, -0.1) is 0 Å². The summed E-state index contributed by atoms with van der Waals surface area (Å²) in [5, 5.41) is 0. The molecule has 1 aliphatic heterocycles. The van der Waals surface area contributed by atoms with Gasteiger partial charge in [0, 0.05) is 12.6 Å². The molecule has 2 aliphatic rings. The SMILES string of the molecule is C=C1CN(C)C(C2CCCCC2)C1(C(=O)OCC)C(=O)OCC. The van der Waals surface area contributed by atoms with Crippen LogP contribution in [0.2, 0.25) is 0 Å². The van der Waals surface area contributed by atoms with Crippen LogP contribution in [0, 0.1) is 11.3 Å². The lowest BCUT2D eigenvalue weighted by molar-refractivity contribution is -0.172. The van der Waals surface area contributed by atoms with Gasteiger partial charge in [-0.3, -0.25) is 14.5 Å². The van der Waals surface area contributed by atoms with Crippen LogP contribution in [0.25, 0.3) is 0 Å². The van der Waals surface area contributed by atoms with Crippen molar-refractivity contribution < 1.29 is 19.1 Å². The monoisotopic (exact) mass is 323 g/mol. The van der Waals surface area contributed by atoms with Crippen molar-refractivity contribution in [3.63, 3.8) is 0 Å². The molecular formula is C18H29NO4. The van der Waals surface area contributed by atoms with E-state index in [9.17, 15) is 9.59 Å². The summed E-state index contributed by atoms with van der Waals surface area (Å²) in [6, 6.07) is -0.214. The minimum Gasteiger partial charge on any atom is -0.465 e. The van der Waals surface area contributed by atoms with Crippen molar-refractivity contribution in [2.24, 2.45) is 11.3 Å². The first-order valence-corrected chi connectivity index (χ1v) is 8.73. The molecule has 23 heavy (non-hydrogen) atoms. The standard InChI is InChI=1S/C18H29NO4/c1-5-22-16(20)18(17(21)23-6-2)13(3)12-19(4)15(18)14-10-8-7-9-11-14/h14-15H,3,5-12H2,1-2,4H3. The minimum atomic E-state index is -1.37. The summed E-state index contributed by atoms with van der Waals surface area (Å²) in [7, 11) is 1.96. The quantitative estimate of drug-likeness (QED) is 0.442. The molecule has 2 rings (SSSR count). The van der Waals surface area contributed by atoms with E-state index in [1.54, 1.807) is 13.8 Å². The fourth-order valence-electron chi connectivity index (χ4n) is 4.33. The van der Waals surface area contributed by atoms with Gasteiger partial charge in [-0.1, -0.05) is 25.8 Å². The average molecular weight is 323 g/mol. The molecule has 0 aromatic carbocycles. The van der Waals surface area contributed by atoms with E-state index in [0.29, 0.717) is 18.0 Å². The average Bonchev–Trinajstić information content (AvgIpc) is 2.80. The van der Waals surface area contributed by atoms with Crippen molar-refractivity contribution in [3.05, 3.63) is 12.2 Å². The first-order chi connectivity index (χ1) is 11.0. The summed E-state index contributed by atoms with van der Waals surface area (Å²) < 4.78 is 10.6. The third-order valence-electron chi connectivity index (χ3n) is 5.21. The van der Waals surface area contributed by atoms with Gasteiger partial charge >= 0.3 is 11.9 Å². The Balaban J connectivity index is 2.46. The predicted molar refractivity (Wildman–Crippen MR) is 87.8 cm³/mol. The van der Waals surface area contributed by atoms with E-state index in [1.165, 1.54) is 6.42 Å². The van der Waals surface area contributed by atoms with Crippen molar-refractivity contribution >= 4 is 11.9 Å². The van der Waals surface area contributed by atoms with E-state index in [-0.39, 0.29) is 19.3 Å². The molecule has 5 heteroatoms. The van der Waals surface area contributed by atoms with Gasteiger partial charge in [0.1, 0.15) is 0 Å². The third kappa shape index (κ3) is 3.03. The van der Waals surface area contributed by atoms with Crippen LogP contribution in [0.4, 0.5) is 0 Å². The van der Waals surface area contributed by atoms with Crippen LogP contribution in [0.3, 0.4) is 0 Å². The second kappa shape index (κ2) is 7.47. The van der Waals surface area contributed by atoms with Gasteiger partial charge in [0.25, 0.3) is 0 Å². The molecule has 130 valence electrons. The van der Waals surface area contributed by atoms with Gasteiger partial charge in [-0.25, -0.2) is 0 Å². The Morgan fingerprint density at radius 1 is 1.13 bits per heavy atom. The number of hydrogen-bond donors (Lipinski definition) is 0. The number of nitrogens with zero attached hydrogens (tertiary/aromatic N) is 1. The lowest BCUT2D eigenvalue weighted by Crippen LogP contribution is -2.54. The number of carbonyl (C=O) groups excluding carboxylic acids is 2. The number of likely N-dealkylation sites (N-methyl/N-ethyl adjacent to an activating group) is 1. The van der Waals surface area contributed by atoms with Crippen LogP contribution >= 0.6 is 0 Å². The number of rotatable bonds is 5. The molecule has 1 unspecified atom stereocenters. The third-order valence-corrected chi connectivity index (χ3v) is 5.21. The zero-order valence-corrected chi connectivity index (χ0v) is 14.6. The summed E-state index contributed by atoms with van der Waals surface area (Å²) in [6.07, 6.45) is 5.57. The highest BCUT2D eigenvalue weighted by Crippen LogP contribution is 2.48. The number of ether oxygens (including phenoxy) is 2. The Morgan fingerprint density at radius 3 is 2.13 bits per heavy atom. The second-order valence-corrected chi connectivity index (χ2v) is 6.61. The first-order valence-electron chi connectivity index (χ1n) is 8.73. The highest BCUT2D eigenvalue weighted by atomic mass is 16.6. The fraction of sp³-hybridized carbons (Fsp3) is 0.778. The maximum atomic E-state index is 12.9. The van der Waals surface area contributed by atoms with Gasteiger partial charge in [0.05, 0.1) is 13.2 Å². The summed E-state index contributed by atoms with van der Waals surface area (Å²) in [5.41, 5.74) is -0.768. The zero-order valence-electron chi connectivity index (χ0n) is 14.6. The zero-order chi connectivity index (χ0) is 17.0. The molecule has 2 fully saturated rings.